The van der Waals surface area contributed by atoms with Crippen molar-refractivity contribution in [2.75, 3.05) is 0 Å². The summed E-state index contributed by atoms with van der Waals surface area (Å²) >= 11 is 1.36. The van der Waals surface area contributed by atoms with Gasteiger partial charge in [-0.05, 0) is 0 Å². The largest absolute Gasteiger partial charge is 0.399 e. The van der Waals surface area contributed by atoms with Crippen molar-refractivity contribution in [1.29, 1.82) is 0 Å². The van der Waals surface area contributed by atoms with Gasteiger partial charge < -0.3 is 4.84 Å². The summed E-state index contributed by atoms with van der Waals surface area (Å²) in [7, 11) is 0. The van der Waals surface area contributed by atoms with Crippen molar-refractivity contribution in [3.63, 3.8) is 0 Å². The zero-order valence-electron chi connectivity index (χ0n) is 3.50. The summed E-state index contributed by atoms with van der Waals surface area (Å²) in [4.78, 5) is 8.02. The summed E-state index contributed by atoms with van der Waals surface area (Å²) in [5.41, 5.74) is 1.65. The van der Waals surface area contributed by atoms with E-state index in [9.17, 15) is 0 Å². The van der Waals surface area contributed by atoms with Crippen LogP contribution in [0.1, 0.15) is 0 Å². The van der Waals surface area contributed by atoms with Crippen molar-refractivity contribution >= 4 is 11.3 Å². The monoisotopic (exact) mass is 116 g/mol. The molecule has 0 aliphatic carbocycles. The molecule has 0 unspecified atom stereocenters. The first-order valence-corrected chi connectivity index (χ1v) is 2.56. The minimum atomic E-state index is 0.639. The average Bonchev–Trinajstić information content (AvgIpc) is 2.14. The fourth-order valence-corrected chi connectivity index (χ4v) is 0.665. The molecule has 0 saturated carbocycles. The molecular formula is C3H4N2OS. The zero-order chi connectivity index (χ0) is 5.11. The van der Waals surface area contributed by atoms with Crippen LogP contribution >= 0.6 is 11.3 Å². The highest BCUT2D eigenvalue weighted by atomic mass is 32.1. The molecule has 1 rings (SSSR count). The normalized spacial score (nSPS) is 8.71. The average molecular weight is 116 g/mol. The SMILES string of the molecule is NOc1cncs1. The van der Waals surface area contributed by atoms with Crippen LogP contribution in [0.25, 0.3) is 0 Å². The molecule has 3 nitrogen and oxygen atoms in total. The third kappa shape index (κ3) is 0.880. The summed E-state index contributed by atoms with van der Waals surface area (Å²) in [6.07, 6.45) is 1.56. The van der Waals surface area contributed by atoms with Crippen LogP contribution in [0.2, 0.25) is 0 Å². The molecule has 38 valence electrons. The topological polar surface area (TPSA) is 48.1 Å². The maximum absolute atomic E-state index is 4.76. The van der Waals surface area contributed by atoms with E-state index < -0.39 is 0 Å². The Labute approximate surface area is 44.7 Å². The molecule has 2 N–H and O–H groups in total. The summed E-state index contributed by atoms with van der Waals surface area (Å²) < 4.78 is 0. The Morgan fingerprint density at radius 3 is 3.00 bits per heavy atom. The van der Waals surface area contributed by atoms with E-state index in [1.165, 1.54) is 11.3 Å². The van der Waals surface area contributed by atoms with Gasteiger partial charge in [0.1, 0.15) is 0 Å². The van der Waals surface area contributed by atoms with Crippen molar-refractivity contribution in [2.24, 2.45) is 5.90 Å². The molecular weight excluding hydrogens is 112 g/mol. The molecule has 1 aromatic heterocycles. The van der Waals surface area contributed by atoms with E-state index in [1.54, 1.807) is 11.7 Å². The van der Waals surface area contributed by atoms with Crippen LogP contribution in [0.3, 0.4) is 0 Å². The van der Waals surface area contributed by atoms with E-state index in [0.717, 1.165) is 0 Å². The number of nitrogens with zero attached hydrogens (tertiary/aromatic N) is 1. The second-order valence-corrected chi connectivity index (χ2v) is 1.79. The molecule has 0 spiro atoms. The third-order valence-corrected chi connectivity index (χ3v) is 1.19. The van der Waals surface area contributed by atoms with Gasteiger partial charge in [-0.15, -0.1) is 0 Å². The van der Waals surface area contributed by atoms with Crippen molar-refractivity contribution < 1.29 is 4.84 Å². The Kier molecular flexibility index (Phi) is 1.24. The second kappa shape index (κ2) is 1.90. The molecule has 0 fully saturated rings. The van der Waals surface area contributed by atoms with Crippen LogP contribution in [-0.2, 0) is 0 Å². The van der Waals surface area contributed by atoms with E-state index in [4.69, 9.17) is 5.90 Å². The summed E-state index contributed by atoms with van der Waals surface area (Å²) in [6.45, 7) is 0. The fraction of sp³-hybridized carbons (Fsp3) is 0. The molecule has 0 atom stereocenters. The maximum atomic E-state index is 4.76. The van der Waals surface area contributed by atoms with E-state index in [-0.39, 0.29) is 0 Å². The van der Waals surface area contributed by atoms with E-state index in [0.29, 0.717) is 5.06 Å². The highest BCUT2D eigenvalue weighted by Crippen LogP contribution is 2.12. The van der Waals surface area contributed by atoms with Gasteiger partial charge in [-0.3, -0.25) is 0 Å². The number of rotatable bonds is 1. The molecule has 0 bridgehead atoms. The van der Waals surface area contributed by atoms with Crippen LogP contribution in [-0.4, -0.2) is 4.98 Å². The van der Waals surface area contributed by atoms with Crippen LogP contribution in [0, 0.1) is 0 Å². The van der Waals surface area contributed by atoms with Crippen LogP contribution in [0.15, 0.2) is 11.7 Å². The molecule has 0 aromatic carbocycles. The minimum Gasteiger partial charge on any atom is -0.399 e. The molecule has 0 saturated heterocycles. The predicted octanol–water partition coefficient (Wildman–Crippen LogP) is 0.396. The van der Waals surface area contributed by atoms with Gasteiger partial charge in [0.15, 0.2) is 0 Å². The summed E-state index contributed by atoms with van der Waals surface area (Å²) in [5, 5.41) is 0.639. The van der Waals surface area contributed by atoms with Gasteiger partial charge >= 0.3 is 0 Å². The molecule has 0 aliphatic rings. The lowest BCUT2D eigenvalue weighted by Crippen LogP contribution is -1.98. The highest BCUT2D eigenvalue weighted by Gasteiger charge is 1.86. The highest BCUT2D eigenvalue weighted by molar-refractivity contribution is 7.11. The number of nitrogens with two attached hydrogens (primary N) is 1. The van der Waals surface area contributed by atoms with Crippen LogP contribution in [0.5, 0.6) is 5.06 Å². The standard InChI is InChI=1S/C3H4N2OS/c4-6-3-1-5-2-7-3/h1-2H,4H2. The Morgan fingerprint density at radius 1 is 1.86 bits per heavy atom. The van der Waals surface area contributed by atoms with Gasteiger partial charge in [0, 0.05) is 0 Å². The molecule has 7 heavy (non-hydrogen) atoms. The first-order valence-electron chi connectivity index (χ1n) is 1.68. The number of thiazole rings is 1. The number of hydrogen-bond donors (Lipinski definition) is 1. The Bertz CT molecular complexity index is 127. The third-order valence-electron chi connectivity index (χ3n) is 0.526. The van der Waals surface area contributed by atoms with Crippen molar-refractivity contribution in [1.82, 2.24) is 4.98 Å². The number of aromatic nitrogens is 1. The van der Waals surface area contributed by atoms with Crippen LogP contribution < -0.4 is 10.7 Å². The lowest BCUT2D eigenvalue weighted by molar-refractivity contribution is 0.344. The van der Waals surface area contributed by atoms with Gasteiger partial charge in [0.25, 0.3) is 0 Å². The van der Waals surface area contributed by atoms with Gasteiger partial charge in [-0.2, -0.15) is 5.90 Å². The first kappa shape index (κ1) is 4.55. The minimum absolute atomic E-state index is 0.639. The molecule has 1 heterocycles. The van der Waals surface area contributed by atoms with Crippen molar-refractivity contribution in [3.05, 3.63) is 11.7 Å². The summed E-state index contributed by atoms with van der Waals surface area (Å²) in [5.74, 6) is 4.76. The van der Waals surface area contributed by atoms with E-state index >= 15 is 0 Å². The van der Waals surface area contributed by atoms with Gasteiger partial charge in [0.2, 0.25) is 5.06 Å². The first-order chi connectivity index (χ1) is 3.43. The van der Waals surface area contributed by atoms with Crippen LogP contribution in [0.4, 0.5) is 0 Å². The maximum Gasteiger partial charge on any atom is 0.220 e. The van der Waals surface area contributed by atoms with Crippen molar-refractivity contribution in [3.8, 4) is 5.06 Å². The second-order valence-electron chi connectivity index (χ2n) is 0.938. The smallest absolute Gasteiger partial charge is 0.220 e. The quantitative estimate of drug-likeness (QED) is 0.540. The lowest BCUT2D eigenvalue weighted by Gasteiger charge is -1.83. The molecule has 0 radical (unpaired) electrons. The molecule has 0 amide bonds. The Morgan fingerprint density at radius 2 is 2.71 bits per heavy atom. The van der Waals surface area contributed by atoms with Gasteiger partial charge in [0.05, 0.1) is 11.7 Å². The Balaban J connectivity index is 2.76. The van der Waals surface area contributed by atoms with E-state index in [2.05, 4.69) is 9.82 Å². The van der Waals surface area contributed by atoms with Crippen molar-refractivity contribution in [2.45, 2.75) is 0 Å². The zero-order valence-corrected chi connectivity index (χ0v) is 4.31. The van der Waals surface area contributed by atoms with Gasteiger partial charge in [-0.1, -0.05) is 11.3 Å². The fourth-order valence-electron chi connectivity index (χ4n) is 0.262. The number of hydrogen-bond acceptors (Lipinski definition) is 4. The Hall–Kier alpha value is -0.610. The van der Waals surface area contributed by atoms with Gasteiger partial charge in [-0.25, -0.2) is 4.98 Å². The molecule has 1 aromatic rings. The summed E-state index contributed by atoms with van der Waals surface area (Å²) in [6, 6.07) is 0. The predicted molar refractivity (Wildman–Crippen MR) is 26.9 cm³/mol. The molecule has 4 heteroatoms. The lowest BCUT2D eigenvalue weighted by atomic mass is 10.9. The van der Waals surface area contributed by atoms with E-state index in [1.807, 2.05) is 0 Å². The molecule has 0 aliphatic heterocycles.